The minimum absolute atomic E-state index is 0.0346. The van der Waals surface area contributed by atoms with Crippen LogP contribution >= 0.6 is 0 Å². The van der Waals surface area contributed by atoms with Gasteiger partial charge in [-0.1, -0.05) is 0 Å². The van der Waals surface area contributed by atoms with Crippen LogP contribution in [0.3, 0.4) is 0 Å². The molecule has 0 amide bonds. The zero-order chi connectivity index (χ0) is 10.3. The van der Waals surface area contributed by atoms with Crippen LogP contribution in [0, 0.1) is 5.82 Å². The number of hydrogen-bond donors (Lipinski definition) is 2. The summed E-state index contributed by atoms with van der Waals surface area (Å²) in [6.07, 6.45) is 0. The quantitative estimate of drug-likeness (QED) is 0.713. The maximum Gasteiger partial charge on any atom is 0.417 e. The molecule has 0 aliphatic rings. The van der Waals surface area contributed by atoms with Gasteiger partial charge in [0.2, 0.25) is 0 Å². The lowest BCUT2D eigenvalue weighted by molar-refractivity contribution is 0.0697. The summed E-state index contributed by atoms with van der Waals surface area (Å²) < 4.78 is 17.4. The zero-order valence-corrected chi connectivity index (χ0v) is 6.70. The van der Waals surface area contributed by atoms with Crippen molar-refractivity contribution < 1.29 is 18.7 Å². The molecule has 2 N–H and O–H groups in total. The van der Waals surface area contributed by atoms with Crippen LogP contribution in [0.25, 0.3) is 11.1 Å². The lowest BCUT2D eigenvalue weighted by Gasteiger charge is -1.94. The fourth-order valence-corrected chi connectivity index (χ4v) is 1.18. The monoisotopic (exact) mass is 197 g/mol. The Kier molecular flexibility index (Phi) is 1.63. The predicted molar refractivity (Wildman–Crippen MR) is 43.8 cm³/mol. The van der Waals surface area contributed by atoms with Crippen molar-refractivity contribution in [3.63, 3.8) is 0 Å². The molecule has 0 bridgehead atoms. The van der Waals surface area contributed by atoms with Crippen molar-refractivity contribution in [2.75, 3.05) is 0 Å². The molecule has 0 aliphatic carbocycles. The molecule has 2 aromatic rings. The first-order chi connectivity index (χ1) is 6.58. The van der Waals surface area contributed by atoms with E-state index in [9.17, 15) is 14.0 Å². The van der Waals surface area contributed by atoms with Crippen molar-refractivity contribution in [2.24, 2.45) is 0 Å². The molecule has 2 rings (SSSR count). The molecule has 0 aliphatic heterocycles. The second-order valence-electron chi connectivity index (χ2n) is 2.65. The highest BCUT2D eigenvalue weighted by molar-refractivity contribution is 5.99. The lowest BCUT2D eigenvalue weighted by atomic mass is 10.2. The Morgan fingerprint density at radius 3 is 2.86 bits per heavy atom. The Labute approximate surface area is 75.8 Å². The minimum atomic E-state index is -1.35. The Bertz CT molecular complexity index is 568. The number of aromatic carboxylic acids is 1. The SMILES string of the molecule is O=C(O)c1cc(F)cc2[nH]c(=O)oc12. The molecule has 14 heavy (non-hydrogen) atoms. The molecule has 0 radical (unpaired) electrons. The van der Waals surface area contributed by atoms with Crippen LogP contribution in [0.5, 0.6) is 0 Å². The van der Waals surface area contributed by atoms with Crippen molar-refractivity contribution >= 4 is 17.1 Å². The second kappa shape index (κ2) is 2.69. The van der Waals surface area contributed by atoms with E-state index in [1.807, 2.05) is 0 Å². The van der Waals surface area contributed by atoms with Gasteiger partial charge < -0.3 is 9.52 Å². The number of fused-ring (bicyclic) bond motifs is 1. The van der Waals surface area contributed by atoms with E-state index in [0.29, 0.717) is 0 Å². The van der Waals surface area contributed by atoms with Gasteiger partial charge >= 0.3 is 11.7 Å². The van der Waals surface area contributed by atoms with Crippen molar-refractivity contribution in [1.29, 1.82) is 0 Å². The molecule has 0 saturated heterocycles. The Morgan fingerprint density at radius 1 is 1.50 bits per heavy atom. The second-order valence-corrected chi connectivity index (χ2v) is 2.65. The summed E-state index contributed by atoms with van der Waals surface area (Å²) in [5.74, 6) is -2.91. The van der Waals surface area contributed by atoms with E-state index in [2.05, 4.69) is 9.40 Å². The van der Waals surface area contributed by atoms with Gasteiger partial charge in [-0.15, -0.1) is 0 Å². The number of aromatic amines is 1. The summed E-state index contributed by atoms with van der Waals surface area (Å²) in [5.41, 5.74) is -0.491. The van der Waals surface area contributed by atoms with E-state index in [-0.39, 0.29) is 16.7 Å². The fraction of sp³-hybridized carbons (Fsp3) is 0. The largest absolute Gasteiger partial charge is 0.478 e. The van der Waals surface area contributed by atoms with Crippen molar-refractivity contribution in [3.05, 3.63) is 34.1 Å². The number of nitrogens with one attached hydrogen (secondary N) is 1. The van der Waals surface area contributed by atoms with Gasteiger partial charge in [-0.05, 0) is 6.07 Å². The first-order valence-electron chi connectivity index (χ1n) is 3.63. The number of aromatic nitrogens is 1. The van der Waals surface area contributed by atoms with Crippen LogP contribution in [0.1, 0.15) is 10.4 Å². The van der Waals surface area contributed by atoms with Crippen LogP contribution in [-0.4, -0.2) is 16.1 Å². The molecule has 5 nitrogen and oxygen atoms in total. The predicted octanol–water partition coefficient (Wildman–Crippen LogP) is 0.958. The third kappa shape index (κ3) is 1.17. The summed E-state index contributed by atoms with van der Waals surface area (Å²) >= 11 is 0. The van der Waals surface area contributed by atoms with E-state index < -0.39 is 17.5 Å². The highest BCUT2D eigenvalue weighted by atomic mass is 19.1. The third-order valence-corrected chi connectivity index (χ3v) is 1.72. The maximum absolute atomic E-state index is 12.8. The van der Waals surface area contributed by atoms with Gasteiger partial charge in [0.25, 0.3) is 0 Å². The number of halogens is 1. The summed E-state index contributed by atoms with van der Waals surface area (Å²) in [4.78, 5) is 23.5. The summed E-state index contributed by atoms with van der Waals surface area (Å²) in [6, 6.07) is 1.79. The molecular weight excluding hydrogens is 193 g/mol. The molecule has 0 atom stereocenters. The van der Waals surface area contributed by atoms with Crippen molar-refractivity contribution in [1.82, 2.24) is 4.98 Å². The molecule has 6 heteroatoms. The van der Waals surface area contributed by atoms with Gasteiger partial charge in [0.1, 0.15) is 11.4 Å². The van der Waals surface area contributed by atoms with Gasteiger partial charge in [-0.2, -0.15) is 0 Å². The molecule has 72 valence electrons. The summed E-state index contributed by atoms with van der Waals surface area (Å²) in [6.45, 7) is 0. The average molecular weight is 197 g/mol. The number of rotatable bonds is 1. The topological polar surface area (TPSA) is 83.3 Å². The first kappa shape index (κ1) is 8.49. The number of hydrogen-bond acceptors (Lipinski definition) is 3. The van der Waals surface area contributed by atoms with Gasteiger partial charge in [0.05, 0.1) is 5.52 Å². The van der Waals surface area contributed by atoms with Crippen LogP contribution in [-0.2, 0) is 0 Å². The Morgan fingerprint density at radius 2 is 2.21 bits per heavy atom. The molecule has 1 heterocycles. The Balaban J connectivity index is 2.92. The van der Waals surface area contributed by atoms with Crippen molar-refractivity contribution in [3.8, 4) is 0 Å². The Hall–Kier alpha value is -2.11. The van der Waals surface area contributed by atoms with Gasteiger partial charge in [0, 0.05) is 6.07 Å². The van der Waals surface area contributed by atoms with E-state index in [4.69, 9.17) is 5.11 Å². The summed E-state index contributed by atoms with van der Waals surface area (Å²) in [5, 5.41) is 8.67. The lowest BCUT2D eigenvalue weighted by Crippen LogP contribution is -1.97. The number of carboxylic acid groups (broad SMARTS) is 1. The fourth-order valence-electron chi connectivity index (χ4n) is 1.18. The minimum Gasteiger partial charge on any atom is -0.478 e. The number of carbonyl (C=O) groups is 1. The normalized spacial score (nSPS) is 10.6. The number of carboxylic acids is 1. The molecule has 0 fully saturated rings. The molecular formula is C8H4FNO4. The standard InChI is InChI=1S/C8H4FNO4/c9-3-1-4(7(11)12)6-5(2-3)10-8(13)14-6/h1-2H,(H,10,13)(H,11,12). The number of oxazole rings is 1. The smallest absolute Gasteiger partial charge is 0.417 e. The van der Waals surface area contributed by atoms with E-state index in [1.165, 1.54) is 0 Å². The third-order valence-electron chi connectivity index (χ3n) is 1.72. The van der Waals surface area contributed by atoms with Gasteiger partial charge in [-0.25, -0.2) is 14.0 Å². The number of benzene rings is 1. The molecule has 1 aromatic carbocycles. The highest BCUT2D eigenvalue weighted by Crippen LogP contribution is 2.17. The van der Waals surface area contributed by atoms with Gasteiger partial charge in [0.15, 0.2) is 5.58 Å². The molecule has 0 saturated carbocycles. The van der Waals surface area contributed by atoms with Crippen LogP contribution in [0.15, 0.2) is 21.3 Å². The zero-order valence-electron chi connectivity index (χ0n) is 6.70. The van der Waals surface area contributed by atoms with Crippen molar-refractivity contribution in [2.45, 2.75) is 0 Å². The number of H-pyrrole nitrogens is 1. The summed E-state index contributed by atoms with van der Waals surface area (Å²) in [7, 11) is 0. The van der Waals surface area contributed by atoms with Crippen LogP contribution in [0.4, 0.5) is 4.39 Å². The van der Waals surface area contributed by atoms with E-state index in [1.54, 1.807) is 0 Å². The molecule has 0 spiro atoms. The van der Waals surface area contributed by atoms with Crippen LogP contribution < -0.4 is 5.76 Å². The van der Waals surface area contributed by atoms with Gasteiger partial charge in [-0.3, -0.25) is 4.98 Å². The highest BCUT2D eigenvalue weighted by Gasteiger charge is 2.14. The van der Waals surface area contributed by atoms with Crippen LogP contribution in [0.2, 0.25) is 0 Å². The van der Waals surface area contributed by atoms with E-state index >= 15 is 0 Å². The maximum atomic E-state index is 12.8. The van der Waals surface area contributed by atoms with E-state index in [0.717, 1.165) is 12.1 Å². The average Bonchev–Trinajstić information content (AvgIpc) is 2.42. The molecule has 1 aromatic heterocycles. The molecule has 0 unspecified atom stereocenters. The first-order valence-corrected chi connectivity index (χ1v) is 3.63.